The van der Waals surface area contributed by atoms with Gasteiger partial charge in [0, 0.05) is 18.2 Å². The number of carbonyl (C=O) groups excluding carboxylic acids is 1. The minimum absolute atomic E-state index is 0.104. The lowest BCUT2D eigenvalue weighted by atomic mass is 9.97. The zero-order valence-corrected chi connectivity index (χ0v) is 15.5. The highest BCUT2D eigenvalue weighted by Gasteiger charge is 2.15. The fraction of sp³-hybridized carbons (Fsp3) is 0.316. The van der Waals surface area contributed by atoms with Gasteiger partial charge in [0.2, 0.25) is 15.9 Å². The molecule has 1 atom stereocenters. The van der Waals surface area contributed by atoms with Gasteiger partial charge in [-0.2, -0.15) is 0 Å². The predicted octanol–water partition coefficient (Wildman–Crippen LogP) is 3.51. The van der Waals surface area contributed by atoms with Gasteiger partial charge in [0.05, 0.1) is 4.90 Å². The molecule has 6 heteroatoms. The van der Waals surface area contributed by atoms with Gasteiger partial charge in [0.15, 0.2) is 0 Å². The number of benzene rings is 2. The lowest BCUT2D eigenvalue weighted by Gasteiger charge is -2.13. The van der Waals surface area contributed by atoms with Crippen molar-refractivity contribution in [2.24, 2.45) is 0 Å². The maximum atomic E-state index is 12.2. The number of nitrogens with one attached hydrogen (secondary N) is 2. The summed E-state index contributed by atoms with van der Waals surface area (Å²) in [4.78, 5) is 12.4. The van der Waals surface area contributed by atoms with Crippen molar-refractivity contribution < 1.29 is 13.2 Å². The highest BCUT2D eigenvalue weighted by molar-refractivity contribution is 7.89. The molecule has 0 spiro atoms. The molecule has 0 radical (unpaired) electrons. The number of anilines is 1. The van der Waals surface area contributed by atoms with Crippen LogP contribution in [0.4, 0.5) is 5.69 Å². The van der Waals surface area contributed by atoms with Crippen molar-refractivity contribution in [3.8, 4) is 0 Å². The molecular weight excluding hydrogens is 336 g/mol. The topological polar surface area (TPSA) is 75.3 Å². The molecule has 25 heavy (non-hydrogen) atoms. The summed E-state index contributed by atoms with van der Waals surface area (Å²) >= 11 is 0. The molecule has 134 valence electrons. The van der Waals surface area contributed by atoms with Crippen LogP contribution < -0.4 is 10.0 Å². The van der Waals surface area contributed by atoms with Crippen LogP contribution in [-0.2, 0) is 14.8 Å². The van der Waals surface area contributed by atoms with Crippen LogP contribution in [0.15, 0.2) is 59.5 Å². The van der Waals surface area contributed by atoms with E-state index in [0.717, 1.165) is 5.56 Å². The molecule has 0 unspecified atom stereocenters. The third-order valence-electron chi connectivity index (χ3n) is 3.70. The van der Waals surface area contributed by atoms with Gasteiger partial charge in [-0.25, -0.2) is 13.1 Å². The van der Waals surface area contributed by atoms with Crippen LogP contribution in [0.1, 0.15) is 38.7 Å². The minimum Gasteiger partial charge on any atom is -0.326 e. The quantitative estimate of drug-likeness (QED) is 0.793. The van der Waals surface area contributed by atoms with Crippen LogP contribution in [0.2, 0.25) is 0 Å². The third kappa shape index (κ3) is 5.69. The summed E-state index contributed by atoms with van der Waals surface area (Å²) in [5, 5.41) is 2.81. The average Bonchev–Trinajstić information content (AvgIpc) is 2.55. The van der Waals surface area contributed by atoms with Crippen molar-refractivity contribution >= 4 is 21.6 Å². The van der Waals surface area contributed by atoms with Crippen LogP contribution >= 0.6 is 0 Å². The molecule has 0 bridgehead atoms. The predicted molar refractivity (Wildman–Crippen MR) is 100 cm³/mol. The largest absolute Gasteiger partial charge is 0.326 e. The molecule has 2 rings (SSSR count). The molecule has 2 aromatic carbocycles. The zero-order chi connectivity index (χ0) is 18.4. The number of rotatable bonds is 7. The summed E-state index contributed by atoms with van der Waals surface area (Å²) in [6.45, 7) is 5.53. The molecule has 2 aromatic rings. The van der Waals surface area contributed by atoms with Gasteiger partial charge >= 0.3 is 0 Å². The maximum Gasteiger partial charge on any atom is 0.240 e. The van der Waals surface area contributed by atoms with Crippen LogP contribution in [0.25, 0.3) is 0 Å². The van der Waals surface area contributed by atoms with Crippen LogP contribution in [0.5, 0.6) is 0 Å². The highest BCUT2D eigenvalue weighted by atomic mass is 32.2. The fourth-order valence-electron chi connectivity index (χ4n) is 2.49. The molecule has 0 aliphatic carbocycles. The lowest BCUT2D eigenvalue weighted by molar-refractivity contribution is -0.116. The van der Waals surface area contributed by atoms with E-state index in [9.17, 15) is 13.2 Å². The molecule has 0 aliphatic rings. The molecule has 0 heterocycles. The monoisotopic (exact) mass is 360 g/mol. The van der Waals surface area contributed by atoms with Crippen LogP contribution in [0, 0.1) is 0 Å². The van der Waals surface area contributed by atoms with Gasteiger partial charge in [0.1, 0.15) is 0 Å². The number of hydrogen-bond acceptors (Lipinski definition) is 3. The average molecular weight is 360 g/mol. The van der Waals surface area contributed by atoms with E-state index in [1.807, 2.05) is 37.3 Å². The van der Waals surface area contributed by atoms with Crippen molar-refractivity contribution in [3.05, 3.63) is 60.2 Å². The van der Waals surface area contributed by atoms with E-state index in [-0.39, 0.29) is 22.8 Å². The second-order valence-corrected chi connectivity index (χ2v) is 8.08. The molecule has 0 saturated heterocycles. The Kier molecular flexibility index (Phi) is 6.33. The van der Waals surface area contributed by atoms with Crippen molar-refractivity contribution in [2.45, 2.75) is 44.0 Å². The van der Waals surface area contributed by atoms with Crippen molar-refractivity contribution in [1.82, 2.24) is 4.72 Å². The van der Waals surface area contributed by atoms with Gasteiger partial charge in [-0.15, -0.1) is 0 Å². The number of hydrogen-bond donors (Lipinski definition) is 2. The molecule has 1 amide bonds. The molecule has 0 aromatic heterocycles. The molecule has 5 nitrogen and oxygen atoms in total. The first-order chi connectivity index (χ1) is 11.8. The van der Waals surface area contributed by atoms with Crippen molar-refractivity contribution in [1.29, 1.82) is 0 Å². The van der Waals surface area contributed by atoms with E-state index in [2.05, 4.69) is 10.0 Å². The summed E-state index contributed by atoms with van der Waals surface area (Å²) in [6.07, 6.45) is 0.360. The number of amides is 1. The van der Waals surface area contributed by atoms with Crippen LogP contribution in [0.3, 0.4) is 0 Å². The van der Waals surface area contributed by atoms with E-state index < -0.39 is 10.0 Å². The first kappa shape index (κ1) is 19.1. The first-order valence-electron chi connectivity index (χ1n) is 8.25. The van der Waals surface area contributed by atoms with Crippen molar-refractivity contribution in [3.63, 3.8) is 0 Å². The van der Waals surface area contributed by atoms with E-state index in [4.69, 9.17) is 0 Å². The minimum atomic E-state index is -3.52. The molecular formula is C19H24N2O3S. The normalized spacial score (nSPS) is 12.8. The first-order valence-corrected chi connectivity index (χ1v) is 9.73. The second-order valence-electron chi connectivity index (χ2n) is 6.36. The smallest absolute Gasteiger partial charge is 0.240 e. The summed E-state index contributed by atoms with van der Waals surface area (Å²) in [6, 6.07) is 15.8. The fourth-order valence-corrected chi connectivity index (χ4v) is 3.74. The summed E-state index contributed by atoms with van der Waals surface area (Å²) in [5.41, 5.74) is 1.69. The van der Waals surface area contributed by atoms with Gasteiger partial charge in [-0.1, -0.05) is 37.3 Å². The zero-order valence-electron chi connectivity index (χ0n) is 14.7. The van der Waals surface area contributed by atoms with E-state index in [1.165, 1.54) is 12.1 Å². The lowest BCUT2D eigenvalue weighted by Crippen LogP contribution is -2.30. The van der Waals surface area contributed by atoms with Gasteiger partial charge < -0.3 is 5.32 Å². The molecule has 0 fully saturated rings. The SMILES string of the molecule is CC(C)NS(=O)(=O)c1ccc(NC(=O)C[C@@H](C)c2ccccc2)cc1. The third-order valence-corrected chi connectivity index (χ3v) is 5.37. The molecule has 2 N–H and O–H groups in total. The number of sulfonamides is 1. The van der Waals surface area contributed by atoms with E-state index in [0.29, 0.717) is 12.1 Å². The maximum absolute atomic E-state index is 12.2. The highest BCUT2D eigenvalue weighted by Crippen LogP contribution is 2.20. The van der Waals surface area contributed by atoms with E-state index >= 15 is 0 Å². The van der Waals surface area contributed by atoms with Gasteiger partial charge in [0.25, 0.3) is 0 Å². The summed E-state index contributed by atoms with van der Waals surface area (Å²) in [5.74, 6) is 0.00311. The Morgan fingerprint density at radius 3 is 2.12 bits per heavy atom. The van der Waals surface area contributed by atoms with Gasteiger partial charge in [-0.3, -0.25) is 4.79 Å². The van der Waals surface area contributed by atoms with Gasteiger partial charge in [-0.05, 0) is 49.6 Å². The Morgan fingerprint density at radius 1 is 0.960 bits per heavy atom. The summed E-state index contributed by atoms with van der Waals surface area (Å²) < 4.78 is 26.7. The standard InChI is InChI=1S/C19H24N2O3S/c1-14(2)21-25(23,24)18-11-9-17(10-12-18)20-19(22)13-15(3)16-7-5-4-6-8-16/h4-12,14-15,21H,13H2,1-3H3,(H,20,22)/t15-/m1/s1. The Hall–Kier alpha value is -2.18. The second kappa shape index (κ2) is 8.27. The molecule has 0 saturated carbocycles. The molecule has 0 aliphatic heterocycles. The van der Waals surface area contributed by atoms with Crippen LogP contribution in [-0.4, -0.2) is 20.4 Å². The Bertz CT molecular complexity index is 800. The Labute approximate surface area is 149 Å². The van der Waals surface area contributed by atoms with E-state index in [1.54, 1.807) is 26.0 Å². The summed E-state index contributed by atoms with van der Waals surface area (Å²) in [7, 11) is -3.52. The number of carbonyl (C=O) groups is 1. The Balaban J connectivity index is 1.98. The van der Waals surface area contributed by atoms with Crippen molar-refractivity contribution in [2.75, 3.05) is 5.32 Å². The Morgan fingerprint density at radius 2 is 1.56 bits per heavy atom.